The van der Waals surface area contributed by atoms with Crippen molar-refractivity contribution in [1.82, 2.24) is 0 Å². The SMILES string of the molecule is CC(C)C(Nc1ccc(Cl)cc1F)C(=N)OCc1cccc(Oc2ccccc2)c1. The van der Waals surface area contributed by atoms with Crippen LogP contribution in [-0.2, 0) is 11.3 Å². The zero-order valence-corrected chi connectivity index (χ0v) is 17.6. The summed E-state index contributed by atoms with van der Waals surface area (Å²) in [6, 6.07) is 21.0. The van der Waals surface area contributed by atoms with E-state index in [9.17, 15) is 4.39 Å². The summed E-state index contributed by atoms with van der Waals surface area (Å²) in [7, 11) is 0. The van der Waals surface area contributed by atoms with Crippen LogP contribution in [0.2, 0.25) is 5.02 Å². The Kier molecular flexibility index (Phi) is 7.31. The average molecular weight is 427 g/mol. The topological polar surface area (TPSA) is 54.3 Å². The number of anilines is 1. The zero-order chi connectivity index (χ0) is 21.5. The smallest absolute Gasteiger partial charge is 0.204 e. The largest absolute Gasteiger partial charge is 0.475 e. The highest BCUT2D eigenvalue weighted by Crippen LogP contribution is 2.24. The minimum Gasteiger partial charge on any atom is -0.475 e. The molecule has 4 nitrogen and oxygen atoms in total. The summed E-state index contributed by atoms with van der Waals surface area (Å²) in [5, 5.41) is 11.7. The number of nitrogens with one attached hydrogen (secondary N) is 2. The second-order valence-electron chi connectivity index (χ2n) is 7.21. The molecule has 156 valence electrons. The molecular formula is C24H24ClFN2O2. The predicted octanol–water partition coefficient (Wildman–Crippen LogP) is 6.90. The Morgan fingerprint density at radius 3 is 2.43 bits per heavy atom. The molecule has 0 radical (unpaired) electrons. The van der Waals surface area contributed by atoms with Crippen molar-refractivity contribution < 1.29 is 13.9 Å². The van der Waals surface area contributed by atoms with E-state index in [1.165, 1.54) is 6.07 Å². The maximum absolute atomic E-state index is 14.1. The molecule has 2 N–H and O–H groups in total. The number of hydrogen-bond acceptors (Lipinski definition) is 4. The molecule has 30 heavy (non-hydrogen) atoms. The Labute approximate surface area is 181 Å². The summed E-state index contributed by atoms with van der Waals surface area (Å²) in [5.74, 6) is 1.02. The van der Waals surface area contributed by atoms with E-state index in [0.717, 1.165) is 11.3 Å². The summed E-state index contributed by atoms with van der Waals surface area (Å²) in [6.07, 6.45) is 0. The fourth-order valence-corrected chi connectivity index (χ4v) is 3.04. The molecule has 0 aliphatic carbocycles. The molecule has 0 saturated carbocycles. The minimum absolute atomic E-state index is 0.0142. The van der Waals surface area contributed by atoms with Gasteiger partial charge in [0.25, 0.3) is 0 Å². The van der Waals surface area contributed by atoms with Crippen LogP contribution >= 0.6 is 11.6 Å². The van der Waals surface area contributed by atoms with Gasteiger partial charge in [-0.2, -0.15) is 0 Å². The van der Waals surface area contributed by atoms with Crippen LogP contribution in [0.25, 0.3) is 0 Å². The summed E-state index contributed by atoms with van der Waals surface area (Å²) in [4.78, 5) is 0. The molecule has 1 atom stereocenters. The van der Waals surface area contributed by atoms with Gasteiger partial charge >= 0.3 is 0 Å². The fraction of sp³-hybridized carbons (Fsp3) is 0.208. The molecule has 0 saturated heterocycles. The highest BCUT2D eigenvalue weighted by molar-refractivity contribution is 6.30. The highest BCUT2D eigenvalue weighted by atomic mass is 35.5. The molecule has 0 bridgehead atoms. The molecule has 1 unspecified atom stereocenters. The lowest BCUT2D eigenvalue weighted by Gasteiger charge is -2.24. The van der Waals surface area contributed by atoms with Gasteiger partial charge in [-0.25, -0.2) is 4.39 Å². The van der Waals surface area contributed by atoms with Gasteiger partial charge in [0, 0.05) is 5.02 Å². The molecule has 3 aromatic carbocycles. The number of halogens is 2. The van der Waals surface area contributed by atoms with Crippen LogP contribution in [0.3, 0.4) is 0 Å². The van der Waals surface area contributed by atoms with Gasteiger partial charge in [0.2, 0.25) is 5.90 Å². The van der Waals surface area contributed by atoms with Crippen molar-refractivity contribution in [2.24, 2.45) is 5.92 Å². The Morgan fingerprint density at radius 1 is 1.00 bits per heavy atom. The van der Waals surface area contributed by atoms with Gasteiger partial charge in [0.1, 0.15) is 30.0 Å². The molecule has 0 aromatic heterocycles. The lowest BCUT2D eigenvalue weighted by molar-refractivity contribution is 0.270. The van der Waals surface area contributed by atoms with Crippen molar-refractivity contribution in [3.05, 3.63) is 89.2 Å². The van der Waals surface area contributed by atoms with Crippen LogP contribution in [0.15, 0.2) is 72.8 Å². The van der Waals surface area contributed by atoms with Crippen LogP contribution in [0, 0.1) is 17.1 Å². The van der Waals surface area contributed by atoms with Gasteiger partial charge < -0.3 is 14.8 Å². The van der Waals surface area contributed by atoms with Crippen LogP contribution in [0.5, 0.6) is 11.5 Å². The van der Waals surface area contributed by atoms with Crippen LogP contribution in [0.4, 0.5) is 10.1 Å². The van der Waals surface area contributed by atoms with Crippen LogP contribution in [0.1, 0.15) is 19.4 Å². The average Bonchev–Trinajstić information content (AvgIpc) is 2.72. The third-order valence-electron chi connectivity index (χ3n) is 4.46. The van der Waals surface area contributed by atoms with E-state index in [2.05, 4.69) is 5.32 Å². The van der Waals surface area contributed by atoms with Crippen molar-refractivity contribution in [1.29, 1.82) is 5.41 Å². The Bertz CT molecular complexity index is 996. The first-order valence-corrected chi connectivity index (χ1v) is 10.0. The Morgan fingerprint density at radius 2 is 1.73 bits per heavy atom. The first-order valence-electron chi connectivity index (χ1n) is 9.67. The summed E-state index contributed by atoms with van der Waals surface area (Å²) in [5.41, 5.74) is 1.15. The highest BCUT2D eigenvalue weighted by Gasteiger charge is 2.22. The molecule has 0 aliphatic rings. The maximum atomic E-state index is 14.1. The fourth-order valence-electron chi connectivity index (χ4n) is 2.88. The van der Waals surface area contributed by atoms with Gasteiger partial charge in [0.05, 0.1) is 5.69 Å². The van der Waals surface area contributed by atoms with Gasteiger partial charge in [-0.3, -0.25) is 5.41 Å². The van der Waals surface area contributed by atoms with Crippen molar-refractivity contribution >= 4 is 23.2 Å². The van der Waals surface area contributed by atoms with Gasteiger partial charge in [-0.15, -0.1) is 0 Å². The number of ether oxygens (including phenoxy) is 2. The van der Waals surface area contributed by atoms with E-state index in [0.29, 0.717) is 10.8 Å². The second kappa shape index (κ2) is 10.1. The molecule has 6 heteroatoms. The summed E-state index contributed by atoms with van der Waals surface area (Å²) < 4.78 is 25.7. The van der Waals surface area contributed by atoms with Gasteiger partial charge in [0.15, 0.2) is 0 Å². The van der Waals surface area contributed by atoms with Gasteiger partial charge in [-0.05, 0) is 53.9 Å². The third kappa shape index (κ3) is 5.97. The van der Waals surface area contributed by atoms with E-state index in [1.807, 2.05) is 68.4 Å². The molecule has 0 aliphatic heterocycles. The lowest BCUT2D eigenvalue weighted by Crippen LogP contribution is -2.35. The quantitative estimate of drug-likeness (QED) is 0.304. The standard InChI is InChI=1S/C24H24ClFN2O2/c1-16(2)23(28-22-12-11-18(25)14-21(22)26)24(27)29-15-17-7-6-10-20(13-17)30-19-8-4-3-5-9-19/h3-14,16,23,27-28H,15H2,1-2H3. The zero-order valence-electron chi connectivity index (χ0n) is 16.9. The van der Waals surface area contributed by atoms with E-state index in [-0.39, 0.29) is 24.1 Å². The number of benzene rings is 3. The van der Waals surface area contributed by atoms with Crippen LogP contribution in [-0.4, -0.2) is 11.9 Å². The van der Waals surface area contributed by atoms with Crippen molar-refractivity contribution in [3.63, 3.8) is 0 Å². The van der Waals surface area contributed by atoms with E-state index >= 15 is 0 Å². The van der Waals surface area contributed by atoms with Crippen molar-refractivity contribution in [2.75, 3.05) is 5.32 Å². The molecule has 0 spiro atoms. The van der Waals surface area contributed by atoms with E-state index < -0.39 is 11.9 Å². The van der Waals surface area contributed by atoms with E-state index in [1.54, 1.807) is 12.1 Å². The normalized spacial score (nSPS) is 11.8. The second-order valence-corrected chi connectivity index (χ2v) is 7.64. The molecule has 0 heterocycles. The van der Waals surface area contributed by atoms with Crippen molar-refractivity contribution in [2.45, 2.75) is 26.5 Å². The lowest BCUT2D eigenvalue weighted by atomic mass is 10.0. The monoisotopic (exact) mass is 426 g/mol. The molecule has 0 fully saturated rings. The number of para-hydroxylation sites is 1. The first-order chi connectivity index (χ1) is 14.4. The predicted molar refractivity (Wildman–Crippen MR) is 119 cm³/mol. The van der Waals surface area contributed by atoms with Crippen molar-refractivity contribution in [3.8, 4) is 11.5 Å². The molecule has 3 aromatic rings. The van der Waals surface area contributed by atoms with E-state index in [4.69, 9.17) is 26.5 Å². The summed E-state index contributed by atoms with van der Waals surface area (Å²) in [6.45, 7) is 4.09. The molecular weight excluding hydrogens is 403 g/mol. The Hall–Kier alpha value is -3.05. The Balaban J connectivity index is 1.63. The maximum Gasteiger partial charge on any atom is 0.204 e. The first kappa shape index (κ1) is 21.7. The number of hydrogen-bond donors (Lipinski definition) is 2. The van der Waals surface area contributed by atoms with Crippen LogP contribution < -0.4 is 10.1 Å². The molecule has 3 rings (SSSR count). The minimum atomic E-state index is -0.482. The van der Waals surface area contributed by atoms with Gasteiger partial charge in [-0.1, -0.05) is 55.8 Å². The molecule has 0 amide bonds. The third-order valence-corrected chi connectivity index (χ3v) is 4.70. The number of rotatable bonds is 8. The summed E-state index contributed by atoms with van der Waals surface area (Å²) >= 11 is 5.82.